The van der Waals surface area contributed by atoms with Crippen molar-refractivity contribution in [3.8, 4) is 5.69 Å². The molecule has 1 amide bonds. The van der Waals surface area contributed by atoms with Gasteiger partial charge in [-0.15, -0.1) is 0 Å². The Labute approximate surface area is 142 Å². The van der Waals surface area contributed by atoms with Gasteiger partial charge in [-0.3, -0.25) is 4.79 Å². The van der Waals surface area contributed by atoms with Crippen molar-refractivity contribution in [2.24, 2.45) is 0 Å². The monoisotopic (exact) mass is 324 g/mol. The van der Waals surface area contributed by atoms with E-state index in [0.29, 0.717) is 12.1 Å². The maximum atomic E-state index is 13.0. The normalized spacial score (nSPS) is 24.6. The van der Waals surface area contributed by atoms with Gasteiger partial charge < -0.3 is 14.4 Å². The summed E-state index contributed by atoms with van der Waals surface area (Å²) in [6.45, 7) is 2.04. The van der Waals surface area contributed by atoms with Gasteiger partial charge in [0.05, 0.1) is 6.33 Å². The summed E-state index contributed by atoms with van der Waals surface area (Å²) in [6.07, 6.45) is 10.1. The molecule has 2 aliphatic rings. The van der Waals surface area contributed by atoms with Crippen molar-refractivity contribution in [1.29, 1.82) is 0 Å². The Bertz CT molecular complexity index is 695. The fraction of sp³-hybridized carbons (Fsp3) is 0.474. The van der Waals surface area contributed by atoms with E-state index in [9.17, 15) is 4.79 Å². The Morgan fingerprint density at radius 3 is 2.50 bits per heavy atom. The van der Waals surface area contributed by atoms with Gasteiger partial charge in [0.25, 0.3) is 5.91 Å². The molecule has 0 saturated carbocycles. The number of likely N-dealkylation sites (N-methyl/N-ethyl adjacent to an activating group) is 1. The number of rotatable bonds is 3. The number of hydrogen-bond donors (Lipinski definition) is 0. The number of benzene rings is 1. The van der Waals surface area contributed by atoms with E-state index in [2.05, 4.69) is 21.8 Å². The van der Waals surface area contributed by atoms with Crippen LogP contribution in [0.25, 0.3) is 5.69 Å². The molecular formula is C19H24N4O. The van der Waals surface area contributed by atoms with E-state index in [4.69, 9.17) is 0 Å². The van der Waals surface area contributed by atoms with Crippen molar-refractivity contribution in [2.45, 2.75) is 37.8 Å². The summed E-state index contributed by atoms with van der Waals surface area (Å²) in [5.74, 6) is 0.176. The molecular weight excluding hydrogens is 300 g/mol. The summed E-state index contributed by atoms with van der Waals surface area (Å²) >= 11 is 0. The third kappa shape index (κ3) is 2.73. The average molecular weight is 324 g/mol. The molecule has 2 atom stereocenters. The smallest absolute Gasteiger partial charge is 0.254 e. The third-order valence-electron chi connectivity index (χ3n) is 5.50. The molecule has 2 aromatic rings. The molecule has 2 saturated heterocycles. The van der Waals surface area contributed by atoms with Crippen LogP contribution in [0, 0.1) is 0 Å². The van der Waals surface area contributed by atoms with Gasteiger partial charge in [0, 0.05) is 42.3 Å². The number of hydrogen-bond acceptors (Lipinski definition) is 3. The highest BCUT2D eigenvalue weighted by molar-refractivity contribution is 5.94. The molecule has 0 spiro atoms. The van der Waals surface area contributed by atoms with E-state index in [1.165, 1.54) is 12.8 Å². The lowest BCUT2D eigenvalue weighted by molar-refractivity contribution is 0.0664. The van der Waals surface area contributed by atoms with Gasteiger partial charge in [0.1, 0.15) is 0 Å². The fourth-order valence-corrected chi connectivity index (χ4v) is 4.22. The molecule has 4 rings (SSSR count). The standard InChI is InChI=1S/C19H24N4O/c1-21-11-2-4-17(21)18-5-3-12-23(18)19(24)15-6-8-16(9-7-15)22-13-10-20-14-22/h6-10,13-14,17-18H,2-5,11-12H2,1H3/t17-,18-/m1/s1. The van der Waals surface area contributed by atoms with Gasteiger partial charge in [0.15, 0.2) is 0 Å². The number of nitrogens with zero attached hydrogens (tertiary/aromatic N) is 4. The fourth-order valence-electron chi connectivity index (χ4n) is 4.22. The van der Waals surface area contributed by atoms with Crippen molar-refractivity contribution in [1.82, 2.24) is 19.4 Å². The second-order valence-electron chi connectivity index (χ2n) is 6.92. The predicted molar refractivity (Wildman–Crippen MR) is 93.3 cm³/mol. The molecule has 0 bridgehead atoms. The lowest BCUT2D eigenvalue weighted by Gasteiger charge is -2.33. The SMILES string of the molecule is CN1CCC[C@@H]1[C@H]1CCCN1C(=O)c1ccc(-n2ccnc2)cc1. The molecule has 5 heteroatoms. The maximum Gasteiger partial charge on any atom is 0.254 e. The molecule has 3 heterocycles. The molecule has 24 heavy (non-hydrogen) atoms. The topological polar surface area (TPSA) is 41.4 Å². The second-order valence-corrected chi connectivity index (χ2v) is 6.92. The minimum Gasteiger partial charge on any atom is -0.334 e. The van der Waals surface area contributed by atoms with Crippen LogP contribution in [-0.2, 0) is 0 Å². The van der Waals surface area contributed by atoms with E-state index < -0.39 is 0 Å². The van der Waals surface area contributed by atoms with E-state index in [-0.39, 0.29) is 5.91 Å². The molecule has 1 aromatic heterocycles. The van der Waals surface area contributed by atoms with E-state index in [1.54, 1.807) is 12.5 Å². The first-order valence-corrected chi connectivity index (χ1v) is 8.83. The number of aromatic nitrogens is 2. The first kappa shape index (κ1) is 15.4. The van der Waals surface area contributed by atoms with Crippen molar-refractivity contribution in [3.63, 3.8) is 0 Å². The predicted octanol–water partition coefficient (Wildman–Crippen LogP) is 2.57. The molecule has 126 valence electrons. The highest BCUT2D eigenvalue weighted by Crippen LogP contribution is 2.30. The molecule has 1 aromatic carbocycles. The molecule has 0 N–H and O–H groups in total. The van der Waals surface area contributed by atoms with Crippen molar-refractivity contribution >= 4 is 5.91 Å². The second kappa shape index (κ2) is 6.40. The minimum absolute atomic E-state index is 0.176. The number of carbonyl (C=O) groups is 1. The van der Waals surface area contributed by atoms with Crippen LogP contribution in [0.5, 0.6) is 0 Å². The van der Waals surface area contributed by atoms with Crippen LogP contribution in [0.3, 0.4) is 0 Å². The van der Waals surface area contributed by atoms with Crippen LogP contribution in [0.4, 0.5) is 0 Å². The van der Waals surface area contributed by atoms with Crippen molar-refractivity contribution in [3.05, 3.63) is 48.5 Å². The Morgan fingerprint density at radius 1 is 1.08 bits per heavy atom. The lowest BCUT2D eigenvalue weighted by atomic mass is 10.0. The summed E-state index contributed by atoms with van der Waals surface area (Å²) in [4.78, 5) is 21.6. The highest BCUT2D eigenvalue weighted by atomic mass is 16.2. The number of imidazole rings is 1. The zero-order valence-electron chi connectivity index (χ0n) is 14.1. The van der Waals surface area contributed by atoms with Gasteiger partial charge in [-0.1, -0.05) is 0 Å². The largest absolute Gasteiger partial charge is 0.334 e. The van der Waals surface area contributed by atoms with Gasteiger partial charge in [-0.25, -0.2) is 4.98 Å². The van der Waals surface area contributed by atoms with Crippen molar-refractivity contribution in [2.75, 3.05) is 20.1 Å². The Kier molecular flexibility index (Phi) is 4.10. The molecule has 2 fully saturated rings. The van der Waals surface area contributed by atoms with Gasteiger partial charge >= 0.3 is 0 Å². The van der Waals surface area contributed by atoms with Crippen LogP contribution in [0.15, 0.2) is 43.0 Å². The zero-order valence-corrected chi connectivity index (χ0v) is 14.1. The molecule has 2 aliphatic heterocycles. The van der Waals surface area contributed by atoms with Gasteiger partial charge in [0.2, 0.25) is 0 Å². The van der Waals surface area contributed by atoms with Gasteiger partial charge in [-0.05, 0) is 63.5 Å². The summed E-state index contributed by atoms with van der Waals surface area (Å²) in [7, 11) is 2.19. The van der Waals surface area contributed by atoms with Crippen LogP contribution >= 0.6 is 0 Å². The van der Waals surface area contributed by atoms with Crippen molar-refractivity contribution < 1.29 is 4.79 Å². The first-order valence-electron chi connectivity index (χ1n) is 8.83. The van der Waals surface area contributed by atoms with E-state index in [1.807, 2.05) is 35.0 Å². The molecule has 5 nitrogen and oxygen atoms in total. The van der Waals surface area contributed by atoms with Crippen LogP contribution in [-0.4, -0.2) is 57.5 Å². The average Bonchev–Trinajstić information content (AvgIpc) is 3.35. The van der Waals surface area contributed by atoms with Crippen LogP contribution < -0.4 is 0 Å². The quantitative estimate of drug-likeness (QED) is 0.871. The molecule has 0 aliphatic carbocycles. The molecule has 0 unspecified atom stereocenters. The van der Waals surface area contributed by atoms with Crippen LogP contribution in [0.1, 0.15) is 36.0 Å². The first-order chi connectivity index (χ1) is 11.7. The summed E-state index contributed by atoms with van der Waals surface area (Å²) in [6, 6.07) is 8.75. The molecule has 0 radical (unpaired) electrons. The summed E-state index contributed by atoms with van der Waals surface area (Å²) < 4.78 is 1.94. The van der Waals surface area contributed by atoms with E-state index in [0.717, 1.165) is 37.2 Å². The Balaban J connectivity index is 1.52. The maximum absolute atomic E-state index is 13.0. The number of amides is 1. The minimum atomic E-state index is 0.176. The highest BCUT2D eigenvalue weighted by Gasteiger charge is 2.38. The number of likely N-dealkylation sites (tertiary alicyclic amines) is 2. The van der Waals surface area contributed by atoms with Gasteiger partial charge in [-0.2, -0.15) is 0 Å². The van der Waals surface area contributed by atoms with E-state index >= 15 is 0 Å². The van der Waals surface area contributed by atoms with Crippen LogP contribution in [0.2, 0.25) is 0 Å². The Morgan fingerprint density at radius 2 is 1.83 bits per heavy atom. The summed E-state index contributed by atoms with van der Waals surface area (Å²) in [5.41, 5.74) is 1.81. The number of carbonyl (C=O) groups excluding carboxylic acids is 1. The Hall–Kier alpha value is -2.14. The third-order valence-corrected chi connectivity index (χ3v) is 5.50. The summed E-state index contributed by atoms with van der Waals surface area (Å²) in [5, 5.41) is 0. The lowest BCUT2D eigenvalue weighted by Crippen LogP contribution is -2.47. The zero-order chi connectivity index (χ0) is 16.5.